The summed E-state index contributed by atoms with van der Waals surface area (Å²) in [4.78, 5) is 30.1. The van der Waals surface area contributed by atoms with Gasteiger partial charge in [0.05, 0.1) is 5.69 Å². The number of hydrogen-bond acceptors (Lipinski definition) is 6. The van der Waals surface area contributed by atoms with Crippen LogP contribution in [0, 0.1) is 6.92 Å². The van der Waals surface area contributed by atoms with E-state index < -0.39 is 0 Å². The molecule has 0 atom stereocenters. The maximum absolute atomic E-state index is 12.3. The lowest BCUT2D eigenvalue weighted by molar-refractivity contribution is -0.118. The van der Waals surface area contributed by atoms with Gasteiger partial charge in [-0.15, -0.1) is 0 Å². The van der Waals surface area contributed by atoms with Crippen molar-refractivity contribution in [2.45, 2.75) is 19.8 Å². The molecule has 8 heteroatoms. The van der Waals surface area contributed by atoms with Crippen molar-refractivity contribution in [1.29, 1.82) is 0 Å². The Balaban J connectivity index is 1.37. The van der Waals surface area contributed by atoms with Gasteiger partial charge in [0, 0.05) is 31.1 Å². The number of amides is 2. The molecule has 3 aromatic rings. The minimum Gasteiger partial charge on any atom is -0.484 e. The number of ether oxygens (including phenoxy) is 1. The van der Waals surface area contributed by atoms with E-state index in [-0.39, 0.29) is 18.4 Å². The highest BCUT2D eigenvalue weighted by Crippen LogP contribution is 2.26. The van der Waals surface area contributed by atoms with Crippen LogP contribution in [0.4, 0.5) is 11.4 Å². The molecule has 1 aliphatic heterocycles. The lowest BCUT2D eigenvalue weighted by Gasteiger charge is -2.16. The van der Waals surface area contributed by atoms with Gasteiger partial charge < -0.3 is 19.5 Å². The largest absolute Gasteiger partial charge is 0.484 e. The molecule has 4 rings (SSSR count). The zero-order valence-corrected chi connectivity index (χ0v) is 15.9. The predicted molar refractivity (Wildman–Crippen MR) is 107 cm³/mol. The van der Waals surface area contributed by atoms with Crippen molar-refractivity contribution < 1.29 is 18.8 Å². The van der Waals surface area contributed by atoms with E-state index >= 15 is 0 Å². The molecule has 0 radical (unpaired) electrons. The van der Waals surface area contributed by atoms with E-state index in [9.17, 15) is 9.59 Å². The van der Waals surface area contributed by atoms with E-state index in [1.807, 2.05) is 24.3 Å². The smallest absolute Gasteiger partial charge is 0.262 e. The first kappa shape index (κ1) is 18.7. The summed E-state index contributed by atoms with van der Waals surface area (Å²) in [5.74, 6) is 1.23. The molecular weight excluding hydrogens is 372 g/mol. The van der Waals surface area contributed by atoms with Crippen LogP contribution in [0.1, 0.15) is 18.7 Å². The van der Waals surface area contributed by atoms with E-state index in [4.69, 9.17) is 9.26 Å². The topological polar surface area (TPSA) is 97.6 Å². The lowest BCUT2D eigenvalue weighted by atomic mass is 10.1. The molecule has 1 aromatic heterocycles. The van der Waals surface area contributed by atoms with Crippen molar-refractivity contribution in [3.63, 3.8) is 0 Å². The van der Waals surface area contributed by atoms with Crippen molar-refractivity contribution in [1.82, 2.24) is 10.1 Å². The van der Waals surface area contributed by atoms with Gasteiger partial charge in [-0.2, -0.15) is 4.98 Å². The predicted octanol–water partition coefficient (Wildman–Crippen LogP) is 3.19. The number of aromatic nitrogens is 2. The molecular formula is C21H20N4O4. The maximum Gasteiger partial charge on any atom is 0.262 e. The van der Waals surface area contributed by atoms with Gasteiger partial charge in [0.25, 0.3) is 5.91 Å². The first-order valence-corrected chi connectivity index (χ1v) is 9.33. The Morgan fingerprint density at radius 3 is 2.69 bits per heavy atom. The second kappa shape index (κ2) is 8.14. The van der Waals surface area contributed by atoms with Gasteiger partial charge >= 0.3 is 0 Å². The molecule has 148 valence electrons. The van der Waals surface area contributed by atoms with Crippen LogP contribution in [0.3, 0.4) is 0 Å². The van der Waals surface area contributed by atoms with Crippen LogP contribution >= 0.6 is 0 Å². The van der Waals surface area contributed by atoms with Crippen molar-refractivity contribution in [2.75, 3.05) is 23.4 Å². The van der Waals surface area contributed by atoms with Crippen molar-refractivity contribution in [3.8, 4) is 17.1 Å². The highest BCUT2D eigenvalue weighted by Gasteiger charge is 2.21. The first-order valence-electron chi connectivity index (χ1n) is 9.33. The minimum absolute atomic E-state index is 0.133. The molecule has 0 unspecified atom stereocenters. The molecule has 0 saturated carbocycles. The minimum atomic E-state index is -0.309. The summed E-state index contributed by atoms with van der Waals surface area (Å²) < 4.78 is 10.6. The van der Waals surface area contributed by atoms with Crippen LogP contribution in [0.2, 0.25) is 0 Å². The summed E-state index contributed by atoms with van der Waals surface area (Å²) >= 11 is 0. The van der Waals surface area contributed by atoms with Gasteiger partial charge in [-0.3, -0.25) is 9.59 Å². The van der Waals surface area contributed by atoms with Crippen LogP contribution in [-0.2, 0) is 9.59 Å². The van der Waals surface area contributed by atoms with Gasteiger partial charge in [-0.05, 0) is 42.8 Å². The summed E-state index contributed by atoms with van der Waals surface area (Å²) in [5, 5.41) is 6.71. The third-order valence-corrected chi connectivity index (χ3v) is 4.56. The molecule has 29 heavy (non-hydrogen) atoms. The molecule has 1 fully saturated rings. The van der Waals surface area contributed by atoms with Crippen molar-refractivity contribution in [3.05, 3.63) is 54.4 Å². The number of aryl methyl sites for hydroxylation is 1. The Labute approximate surface area is 167 Å². The number of hydrogen-bond donors (Lipinski definition) is 1. The Bertz CT molecular complexity index is 1030. The van der Waals surface area contributed by atoms with E-state index in [1.165, 1.54) is 0 Å². The van der Waals surface area contributed by atoms with E-state index in [0.717, 1.165) is 18.7 Å². The van der Waals surface area contributed by atoms with Gasteiger partial charge in [0.15, 0.2) is 6.61 Å². The van der Waals surface area contributed by atoms with E-state index in [0.29, 0.717) is 35.1 Å². The number of carbonyl (C=O) groups is 2. The normalized spacial score (nSPS) is 13.6. The molecule has 0 aliphatic carbocycles. The quantitative estimate of drug-likeness (QED) is 0.692. The number of nitrogens with zero attached hydrogens (tertiary/aromatic N) is 3. The molecule has 2 amide bonds. The molecule has 2 aromatic carbocycles. The van der Waals surface area contributed by atoms with Gasteiger partial charge in [0.2, 0.25) is 17.6 Å². The van der Waals surface area contributed by atoms with Gasteiger partial charge in [-0.1, -0.05) is 17.3 Å². The zero-order valence-electron chi connectivity index (χ0n) is 15.9. The number of benzene rings is 2. The number of para-hydroxylation sites is 1. The van der Waals surface area contributed by atoms with Crippen LogP contribution in [0.5, 0.6) is 5.75 Å². The summed E-state index contributed by atoms with van der Waals surface area (Å²) in [6, 6.07) is 14.4. The monoisotopic (exact) mass is 392 g/mol. The zero-order chi connectivity index (χ0) is 20.2. The average molecular weight is 392 g/mol. The third kappa shape index (κ3) is 4.26. The first-order chi connectivity index (χ1) is 14.1. The fourth-order valence-corrected chi connectivity index (χ4v) is 3.17. The van der Waals surface area contributed by atoms with Crippen LogP contribution in [0.15, 0.2) is 53.1 Å². The standard InChI is InChI=1S/C21H20N4O4/c1-14-22-21(24-29-14)17-5-2-3-6-18(17)23-19(26)13-28-16-10-8-15(9-11-16)25-12-4-7-20(25)27/h2-3,5-6,8-11H,4,7,12-13H2,1H3,(H,23,26). The molecule has 0 spiro atoms. The fourth-order valence-electron chi connectivity index (χ4n) is 3.17. The lowest BCUT2D eigenvalue weighted by Crippen LogP contribution is -2.23. The second-order valence-corrected chi connectivity index (χ2v) is 6.66. The van der Waals surface area contributed by atoms with Crippen molar-refractivity contribution in [2.24, 2.45) is 0 Å². The van der Waals surface area contributed by atoms with Crippen LogP contribution in [0.25, 0.3) is 11.4 Å². The highest BCUT2D eigenvalue weighted by molar-refractivity contribution is 5.96. The SMILES string of the molecule is Cc1nc(-c2ccccc2NC(=O)COc2ccc(N3CCCC3=O)cc2)no1. The third-order valence-electron chi connectivity index (χ3n) is 4.56. The van der Waals surface area contributed by atoms with Gasteiger partial charge in [0.1, 0.15) is 5.75 Å². The Hall–Kier alpha value is -3.68. The summed E-state index contributed by atoms with van der Waals surface area (Å²) in [5.41, 5.74) is 2.08. The molecule has 1 N–H and O–H groups in total. The van der Waals surface area contributed by atoms with Gasteiger partial charge in [-0.25, -0.2) is 0 Å². The number of nitrogens with one attached hydrogen (secondary N) is 1. The summed E-state index contributed by atoms with van der Waals surface area (Å²) in [7, 11) is 0. The molecule has 1 saturated heterocycles. The van der Waals surface area contributed by atoms with Crippen LogP contribution < -0.4 is 15.0 Å². The molecule has 8 nitrogen and oxygen atoms in total. The maximum atomic E-state index is 12.3. The highest BCUT2D eigenvalue weighted by atomic mass is 16.5. The van der Waals surface area contributed by atoms with E-state index in [2.05, 4.69) is 15.5 Å². The Morgan fingerprint density at radius 2 is 2.00 bits per heavy atom. The summed E-state index contributed by atoms with van der Waals surface area (Å²) in [6.45, 7) is 2.29. The molecule has 1 aliphatic rings. The summed E-state index contributed by atoms with van der Waals surface area (Å²) in [6.07, 6.45) is 1.46. The Kier molecular flexibility index (Phi) is 5.24. The average Bonchev–Trinajstić information content (AvgIpc) is 3.35. The van der Waals surface area contributed by atoms with E-state index in [1.54, 1.807) is 36.1 Å². The Morgan fingerprint density at radius 1 is 1.21 bits per heavy atom. The number of anilines is 2. The second-order valence-electron chi connectivity index (χ2n) is 6.66. The molecule has 2 heterocycles. The number of rotatable bonds is 6. The van der Waals surface area contributed by atoms with Crippen molar-refractivity contribution >= 4 is 23.2 Å². The number of carbonyl (C=O) groups excluding carboxylic acids is 2. The fraction of sp³-hybridized carbons (Fsp3) is 0.238. The molecule has 0 bridgehead atoms. The van der Waals surface area contributed by atoms with Crippen LogP contribution in [-0.4, -0.2) is 35.1 Å².